The molecule has 2 fully saturated rings. The van der Waals surface area contributed by atoms with Gasteiger partial charge in [0.1, 0.15) is 0 Å². The molecule has 2 rings (SSSR count). The summed E-state index contributed by atoms with van der Waals surface area (Å²) >= 11 is 0. The minimum Gasteiger partial charge on any atom is -0.466 e. The van der Waals surface area contributed by atoms with Gasteiger partial charge in [0.25, 0.3) is 0 Å². The van der Waals surface area contributed by atoms with Gasteiger partial charge >= 0.3 is 5.97 Å². The highest BCUT2D eigenvalue weighted by Crippen LogP contribution is 2.32. The van der Waals surface area contributed by atoms with Crippen LogP contribution in [0.25, 0.3) is 0 Å². The Hall–Kier alpha value is -0.620. The van der Waals surface area contributed by atoms with Crippen molar-refractivity contribution < 1.29 is 17.9 Å². The minimum atomic E-state index is -3.18. The van der Waals surface area contributed by atoms with Crippen LogP contribution in [0.2, 0.25) is 0 Å². The van der Waals surface area contributed by atoms with Gasteiger partial charge in [-0.25, -0.2) is 12.7 Å². The standard InChI is InChI=1S/C12H21NO4S/c1-2-17-12(14)11-4-3-7-13(8-11)18(15,16)9-10-5-6-10/h10-11H,2-9H2,1H3. The maximum absolute atomic E-state index is 12.1. The number of piperidine rings is 1. The van der Waals surface area contributed by atoms with Crippen molar-refractivity contribution in [3.05, 3.63) is 0 Å². The van der Waals surface area contributed by atoms with E-state index in [4.69, 9.17) is 4.74 Å². The first-order valence-corrected chi connectivity index (χ1v) is 8.28. The highest BCUT2D eigenvalue weighted by molar-refractivity contribution is 7.89. The number of hydrogen-bond donors (Lipinski definition) is 0. The molecule has 6 heteroatoms. The first-order valence-electron chi connectivity index (χ1n) is 6.67. The van der Waals surface area contributed by atoms with Crippen molar-refractivity contribution in [1.82, 2.24) is 4.31 Å². The zero-order valence-electron chi connectivity index (χ0n) is 10.8. The van der Waals surface area contributed by atoms with Crippen molar-refractivity contribution in [1.29, 1.82) is 0 Å². The molecule has 0 spiro atoms. The Morgan fingerprint density at radius 3 is 2.67 bits per heavy atom. The van der Waals surface area contributed by atoms with Crippen LogP contribution in [0.1, 0.15) is 32.6 Å². The third-order valence-electron chi connectivity index (χ3n) is 3.54. The SMILES string of the molecule is CCOC(=O)C1CCCN(S(=O)(=O)CC2CC2)C1. The lowest BCUT2D eigenvalue weighted by molar-refractivity contribution is -0.149. The van der Waals surface area contributed by atoms with Gasteiger partial charge in [-0.05, 0) is 38.5 Å². The number of nitrogens with zero attached hydrogens (tertiary/aromatic N) is 1. The van der Waals surface area contributed by atoms with E-state index in [1.54, 1.807) is 6.92 Å². The summed E-state index contributed by atoms with van der Waals surface area (Å²) in [4.78, 5) is 11.7. The number of carbonyl (C=O) groups is 1. The Kier molecular flexibility index (Phi) is 4.27. The van der Waals surface area contributed by atoms with E-state index in [0.717, 1.165) is 25.7 Å². The second-order valence-electron chi connectivity index (χ2n) is 5.17. The Morgan fingerprint density at radius 2 is 2.06 bits per heavy atom. The fourth-order valence-electron chi connectivity index (χ4n) is 2.34. The van der Waals surface area contributed by atoms with Crippen molar-refractivity contribution in [2.75, 3.05) is 25.4 Å². The molecule has 1 saturated carbocycles. The fourth-order valence-corrected chi connectivity index (χ4v) is 4.29. The normalized spacial score (nSPS) is 25.9. The van der Waals surface area contributed by atoms with Gasteiger partial charge in [-0.1, -0.05) is 0 Å². The molecule has 1 aliphatic heterocycles. The third kappa shape index (κ3) is 3.45. The molecule has 0 aromatic carbocycles. The van der Waals surface area contributed by atoms with Gasteiger partial charge in [0.05, 0.1) is 18.3 Å². The quantitative estimate of drug-likeness (QED) is 0.702. The molecular formula is C12H21NO4S. The number of rotatable bonds is 5. The summed E-state index contributed by atoms with van der Waals surface area (Å²) in [7, 11) is -3.18. The van der Waals surface area contributed by atoms with Gasteiger partial charge in [0.2, 0.25) is 10.0 Å². The van der Waals surface area contributed by atoms with E-state index < -0.39 is 10.0 Å². The van der Waals surface area contributed by atoms with Crippen LogP contribution in [-0.2, 0) is 19.6 Å². The Bertz CT molecular complexity index is 402. The van der Waals surface area contributed by atoms with Crippen molar-refractivity contribution in [2.24, 2.45) is 11.8 Å². The number of sulfonamides is 1. The van der Waals surface area contributed by atoms with Gasteiger partial charge in [0, 0.05) is 13.1 Å². The van der Waals surface area contributed by atoms with Crippen LogP contribution in [0.4, 0.5) is 0 Å². The zero-order valence-corrected chi connectivity index (χ0v) is 11.6. The maximum atomic E-state index is 12.1. The van der Waals surface area contributed by atoms with Gasteiger partial charge < -0.3 is 4.74 Å². The third-order valence-corrected chi connectivity index (χ3v) is 5.55. The Morgan fingerprint density at radius 1 is 1.33 bits per heavy atom. The summed E-state index contributed by atoms with van der Waals surface area (Å²) in [6.45, 7) is 2.96. The van der Waals surface area contributed by atoms with Crippen LogP contribution < -0.4 is 0 Å². The summed E-state index contributed by atoms with van der Waals surface area (Å²) in [5.41, 5.74) is 0. The molecule has 0 amide bonds. The van der Waals surface area contributed by atoms with Crippen LogP contribution >= 0.6 is 0 Å². The average Bonchev–Trinajstić information content (AvgIpc) is 3.13. The number of carbonyl (C=O) groups excluding carboxylic acids is 1. The zero-order chi connectivity index (χ0) is 13.2. The maximum Gasteiger partial charge on any atom is 0.310 e. The molecule has 1 saturated heterocycles. The van der Waals surface area contributed by atoms with E-state index in [0.29, 0.717) is 25.6 Å². The van der Waals surface area contributed by atoms with Gasteiger partial charge in [-0.2, -0.15) is 0 Å². The lowest BCUT2D eigenvalue weighted by atomic mass is 10.0. The molecule has 5 nitrogen and oxygen atoms in total. The summed E-state index contributed by atoms with van der Waals surface area (Å²) in [5, 5.41) is 0. The molecule has 0 bridgehead atoms. The second-order valence-corrected chi connectivity index (χ2v) is 7.18. The van der Waals surface area contributed by atoms with Crippen LogP contribution in [0.3, 0.4) is 0 Å². The molecule has 0 radical (unpaired) electrons. The molecule has 2 aliphatic rings. The van der Waals surface area contributed by atoms with E-state index in [1.807, 2.05) is 0 Å². The summed E-state index contributed by atoms with van der Waals surface area (Å²) in [5.74, 6) is 0.0530. The van der Waals surface area contributed by atoms with Crippen LogP contribution in [-0.4, -0.2) is 44.1 Å². The summed E-state index contributed by atoms with van der Waals surface area (Å²) in [6, 6.07) is 0. The molecule has 1 atom stereocenters. The van der Waals surface area contributed by atoms with Gasteiger partial charge in [-0.3, -0.25) is 4.79 Å². The van der Waals surface area contributed by atoms with Crippen molar-refractivity contribution in [2.45, 2.75) is 32.6 Å². The smallest absolute Gasteiger partial charge is 0.310 e. The Balaban J connectivity index is 1.94. The van der Waals surface area contributed by atoms with E-state index in [-0.39, 0.29) is 17.6 Å². The molecule has 1 aliphatic carbocycles. The van der Waals surface area contributed by atoms with Crippen molar-refractivity contribution in [3.63, 3.8) is 0 Å². The lowest BCUT2D eigenvalue weighted by Gasteiger charge is -2.30. The highest BCUT2D eigenvalue weighted by Gasteiger charge is 2.36. The molecule has 18 heavy (non-hydrogen) atoms. The minimum absolute atomic E-state index is 0.253. The fraction of sp³-hybridized carbons (Fsp3) is 0.917. The predicted molar refractivity (Wildman–Crippen MR) is 67.4 cm³/mol. The topological polar surface area (TPSA) is 63.7 Å². The average molecular weight is 275 g/mol. The van der Waals surface area contributed by atoms with Crippen LogP contribution in [0.5, 0.6) is 0 Å². The number of esters is 1. The van der Waals surface area contributed by atoms with Gasteiger partial charge in [-0.15, -0.1) is 0 Å². The summed E-state index contributed by atoms with van der Waals surface area (Å²) < 4.78 is 30.7. The first-order chi connectivity index (χ1) is 8.53. The highest BCUT2D eigenvalue weighted by atomic mass is 32.2. The molecule has 104 valence electrons. The van der Waals surface area contributed by atoms with Crippen molar-refractivity contribution >= 4 is 16.0 Å². The van der Waals surface area contributed by atoms with E-state index in [9.17, 15) is 13.2 Å². The van der Waals surface area contributed by atoms with E-state index in [1.165, 1.54) is 4.31 Å². The van der Waals surface area contributed by atoms with Crippen molar-refractivity contribution in [3.8, 4) is 0 Å². The second kappa shape index (κ2) is 5.57. The summed E-state index contributed by atoms with van der Waals surface area (Å²) in [6.07, 6.45) is 3.52. The molecule has 0 N–H and O–H groups in total. The number of ether oxygens (including phenoxy) is 1. The largest absolute Gasteiger partial charge is 0.466 e. The number of hydrogen-bond acceptors (Lipinski definition) is 4. The lowest BCUT2D eigenvalue weighted by Crippen LogP contribution is -2.43. The molecule has 0 aromatic heterocycles. The molecule has 1 unspecified atom stereocenters. The molecule has 1 heterocycles. The Labute approximate surface area is 109 Å². The first kappa shape index (κ1) is 13.8. The van der Waals surface area contributed by atoms with Crippen LogP contribution in [0.15, 0.2) is 0 Å². The van der Waals surface area contributed by atoms with E-state index >= 15 is 0 Å². The van der Waals surface area contributed by atoms with Gasteiger partial charge in [0.15, 0.2) is 0 Å². The monoisotopic (exact) mass is 275 g/mol. The molecular weight excluding hydrogens is 254 g/mol. The van der Waals surface area contributed by atoms with Crippen LogP contribution in [0, 0.1) is 11.8 Å². The molecule has 0 aromatic rings. The van der Waals surface area contributed by atoms with E-state index in [2.05, 4.69) is 0 Å². The predicted octanol–water partition coefficient (Wildman–Crippen LogP) is 1.00.